The van der Waals surface area contributed by atoms with Crippen molar-refractivity contribution in [1.29, 1.82) is 0 Å². The molecule has 174 valence electrons. The Bertz CT molecular complexity index is 1110. The van der Waals surface area contributed by atoms with E-state index in [9.17, 15) is 4.79 Å². The molecule has 2 aromatic carbocycles. The molecular weight excluding hydrogens is 426 g/mol. The fourth-order valence-electron chi connectivity index (χ4n) is 3.73. The van der Waals surface area contributed by atoms with Gasteiger partial charge in [0.15, 0.2) is 11.5 Å². The summed E-state index contributed by atoms with van der Waals surface area (Å²) in [5.74, 6) is 3.08. The first-order valence-corrected chi connectivity index (χ1v) is 10.7. The predicted molar refractivity (Wildman–Crippen MR) is 121 cm³/mol. The third-order valence-corrected chi connectivity index (χ3v) is 5.45. The molecule has 0 saturated carbocycles. The van der Waals surface area contributed by atoms with E-state index in [1.165, 1.54) is 0 Å². The van der Waals surface area contributed by atoms with Crippen LogP contribution in [-0.2, 0) is 4.79 Å². The van der Waals surface area contributed by atoms with Crippen LogP contribution in [0.5, 0.6) is 23.0 Å². The van der Waals surface area contributed by atoms with Crippen LogP contribution in [0.2, 0.25) is 0 Å². The van der Waals surface area contributed by atoms with Crippen molar-refractivity contribution in [2.75, 3.05) is 39.4 Å². The second-order valence-electron chi connectivity index (χ2n) is 7.65. The van der Waals surface area contributed by atoms with E-state index < -0.39 is 0 Å². The Labute approximate surface area is 192 Å². The van der Waals surface area contributed by atoms with Crippen molar-refractivity contribution in [2.24, 2.45) is 0 Å². The molecular formula is C24H27N3O6. The van der Waals surface area contributed by atoms with Gasteiger partial charge in [0.2, 0.25) is 17.6 Å². The van der Waals surface area contributed by atoms with Crippen molar-refractivity contribution in [1.82, 2.24) is 10.1 Å². The molecule has 0 aliphatic carbocycles. The molecule has 1 saturated heterocycles. The van der Waals surface area contributed by atoms with Crippen LogP contribution in [0.15, 0.2) is 40.9 Å². The van der Waals surface area contributed by atoms with Gasteiger partial charge in [0.05, 0.1) is 39.5 Å². The number of nitrogens with zero attached hydrogens (tertiary/aromatic N) is 3. The van der Waals surface area contributed by atoms with Crippen molar-refractivity contribution in [3.63, 3.8) is 0 Å². The molecule has 0 radical (unpaired) electrons. The van der Waals surface area contributed by atoms with E-state index in [1.807, 2.05) is 25.1 Å². The minimum Gasteiger partial charge on any atom is -0.497 e. The van der Waals surface area contributed by atoms with Gasteiger partial charge >= 0.3 is 0 Å². The molecule has 1 amide bonds. The van der Waals surface area contributed by atoms with Crippen molar-refractivity contribution < 1.29 is 28.3 Å². The molecule has 0 N–H and O–H groups in total. The first-order chi connectivity index (χ1) is 16.1. The average Bonchev–Trinajstić information content (AvgIpc) is 3.49. The monoisotopic (exact) mass is 453 g/mol. The minimum absolute atomic E-state index is 0.0332. The molecule has 2 heterocycles. The minimum atomic E-state index is -0.218. The molecule has 1 atom stereocenters. The van der Waals surface area contributed by atoms with E-state index in [1.54, 1.807) is 44.4 Å². The normalized spacial score (nSPS) is 15.6. The van der Waals surface area contributed by atoms with Gasteiger partial charge in [-0.1, -0.05) is 12.1 Å². The summed E-state index contributed by atoms with van der Waals surface area (Å²) >= 11 is 0. The molecule has 4 rings (SSSR count). The molecule has 0 spiro atoms. The van der Waals surface area contributed by atoms with Gasteiger partial charge in [0.1, 0.15) is 11.5 Å². The Hall–Kier alpha value is -3.75. The fraction of sp³-hybridized carbons (Fsp3) is 0.375. The van der Waals surface area contributed by atoms with Gasteiger partial charge in [0.25, 0.3) is 0 Å². The zero-order valence-electron chi connectivity index (χ0n) is 19.2. The molecule has 33 heavy (non-hydrogen) atoms. The largest absolute Gasteiger partial charge is 0.497 e. The highest BCUT2D eigenvalue weighted by atomic mass is 16.5. The summed E-state index contributed by atoms with van der Waals surface area (Å²) < 4.78 is 27.3. The Morgan fingerprint density at radius 3 is 2.45 bits per heavy atom. The van der Waals surface area contributed by atoms with Crippen molar-refractivity contribution in [3.8, 4) is 34.4 Å². The van der Waals surface area contributed by atoms with Crippen LogP contribution in [0, 0.1) is 0 Å². The third kappa shape index (κ3) is 4.72. The maximum atomic E-state index is 12.8. The first kappa shape index (κ1) is 22.4. The quantitative estimate of drug-likeness (QED) is 0.478. The third-order valence-electron chi connectivity index (χ3n) is 5.45. The zero-order chi connectivity index (χ0) is 23.4. The molecule has 9 heteroatoms. The summed E-state index contributed by atoms with van der Waals surface area (Å²) in [5.41, 5.74) is 1.44. The SMILES string of the molecule is CCCOc1ccc(-c2noc(C3CC(=O)N(c4cc(OC)cc(OC)c4)C3)n2)cc1OC. The summed E-state index contributed by atoms with van der Waals surface area (Å²) in [6.07, 6.45) is 1.17. The van der Waals surface area contributed by atoms with Crippen LogP contribution < -0.4 is 23.8 Å². The van der Waals surface area contributed by atoms with Gasteiger partial charge in [-0.3, -0.25) is 4.79 Å². The van der Waals surface area contributed by atoms with Gasteiger partial charge in [-0.2, -0.15) is 4.98 Å². The van der Waals surface area contributed by atoms with Crippen molar-refractivity contribution in [3.05, 3.63) is 42.3 Å². The van der Waals surface area contributed by atoms with E-state index in [0.717, 1.165) is 12.0 Å². The highest BCUT2D eigenvalue weighted by molar-refractivity contribution is 5.96. The lowest BCUT2D eigenvalue weighted by molar-refractivity contribution is -0.117. The average molecular weight is 453 g/mol. The standard InChI is InChI=1S/C24H27N3O6/c1-5-8-32-20-7-6-15(9-21(20)31-4)23-25-24(33-26-23)16-10-22(28)27(14-16)17-11-18(29-2)13-19(12-17)30-3/h6-7,9,11-13,16H,5,8,10,14H2,1-4H3. The predicted octanol–water partition coefficient (Wildman–Crippen LogP) is 4.07. The zero-order valence-corrected chi connectivity index (χ0v) is 19.2. The van der Waals surface area contributed by atoms with Gasteiger partial charge in [-0.05, 0) is 24.6 Å². The van der Waals surface area contributed by atoms with Crippen LogP contribution in [0.25, 0.3) is 11.4 Å². The number of carbonyl (C=O) groups excluding carboxylic acids is 1. The van der Waals surface area contributed by atoms with Gasteiger partial charge in [-0.15, -0.1) is 0 Å². The first-order valence-electron chi connectivity index (χ1n) is 10.7. The van der Waals surface area contributed by atoms with E-state index in [-0.39, 0.29) is 18.2 Å². The number of benzene rings is 2. The highest BCUT2D eigenvalue weighted by Gasteiger charge is 2.35. The molecule has 3 aromatic rings. The van der Waals surface area contributed by atoms with Crippen LogP contribution in [0.3, 0.4) is 0 Å². The van der Waals surface area contributed by atoms with Crippen LogP contribution >= 0.6 is 0 Å². The maximum absolute atomic E-state index is 12.8. The van der Waals surface area contributed by atoms with Crippen LogP contribution in [0.1, 0.15) is 31.6 Å². The molecule has 1 aliphatic rings. The second-order valence-corrected chi connectivity index (χ2v) is 7.65. The number of aromatic nitrogens is 2. The fourth-order valence-corrected chi connectivity index (χ4v) is 3.73. The second kappa shape index (κ2) is 9.81. The highest BCUT2D eigenvalue weighted by Crippen LogP contribution is 2.36. The van der Waals surface area contributed by atoms with Gasteiger partial charge in [-0.25, -0.2) is 0 Å². The molecule has 0 bridgehead atoms. The lowest BCUT2D eigenvalue weighted by Gasteiger charge is -2.18. The number of rotatable bonds is 9. The topological polar surface area (TPSA) is 96.2 Å². The lowest BCUT2D eigenvalue weighted by Crippen LogP contribution is -2.24. The molecule has 1 unspecified atom stereocenters. The van der Waals surface area contributed by atoms with Gasteiger partial charge < -0.3 is 28.4 Å². The van der Waals surface area contributed by atoms with E-state index in [2.05, 4.69) is 10.1 Å². The summed E-state index contributed by atoms with van der Waals surface area (Å²) in [6.45, 7) is 3.07. The summed E-state index contributed by atoms with van der Waals surface area (Å²) in [5, 5.41) is 4.12. The van der Waals surface area contributed by atoms with E-state index in [0.29, 0.717) is 53.6 Å². The molecule has 9 nitrogen and oxygen atoms in total. The Morgan fingerprint density at radius 1 is 1.03 bits per heavy atom. The molecule has 1 fully saturated rings. The lowest BCUT2D eigenvalue weighted by atomic mass is 10.1. The smallest absolute Gasteiger partial charge is 0.232 e. The molecule has 1 aromatic heterocycles. The summed E-state index contributed by atoms with van der Waals surface area (Å²) in [7, 11) is 4.74. The maximum Gasteiger partial charge on any atom is 0.232 e. The molecule has 1 aliphatic heterocycles. The number of methoxy groups -OCH3 is 3. The Balaban J connectivity index is 1.53. The van der Waals surface area contributed by atoms with Crippen molar-refractivity contribution >= 4 is 11.6 Å². The number of anilines is 1. The number of hydrogen-bond donors (Lipinski definition) is 0. The number of carbonyl (C=O) groups is 1. The van der Waals surface area contributed by atoms with Gasteiger partial charge in [0, 0.05) is 36.7 Å². The van der Waals surface area contributed by atoms with Crippen LogP contribution in [-0.4, -0.2) is 50.5 Å². The van der Waals surface area contributed by atoms with Crippen LogP contribution in [0.4, 0.5) is 5.69 Å². The number of hydrogen-bond acceptors (Lipinski definition) is 8. The Kier molecular flexibility index (Phi) is 6.67. The number of amides is 1. The summed E-state index contributed by atoms with van der Waals surface area (Å²) in [4.78, 5) is 19.0. The van der Waals surface area contributed by atoms with Crippen molar-refractivity contribution in [2.45, 2.75) is 25.7 Å². The summed E-state index contributed by atoms with van der Waals surface area (Å²) in [6, 6.07) is 10.9. The van der Waals surface area contributed by atoms with E-state index in [4.69, 9.17) is 23.5 Å². The number of ether oxygens (including phenoxy) is 4. The van der Waals surface area contributed by atoms with E-state index >= 15 is 0 Å². The Morgan fingerprint density at radius 2 is 1.79 bits per heavy atom.